The maximum Gasteiger partial charge on any atom is 0.304 e. The molecule has 4 aliphatic rings. The lowest BCUT2D eigenvalue weighted by atomic mass is 9.73. The molecule has 0 radical (unpaired) electrons. The van der Waals surface area contributed by atoms with Gasteiger partial charge in [-0.15, -0.1) is 0 Å². The highest BCUT2D eigenvalue weighted by atomic mass is 16.4. The first-order valence-electron chi connectivity index (χ1n) is 8.26. The fraction of sp³-hybridized carbons (Fsp3) is 0.562. The highest BCUT2D eigenvalue weighted by Crippen LogP contribution is 2.37. The number of hydrogen-bond acceptors (Lipinski definition) is 7. The molecule has 1 spiro atoms. The van der Waals surface area contributed by atoms with Crippen molar-refractivity contribution < 1.29 is 4.42 Å². The quantitative estimate of drug-likeness (QED) is 0.828. The molecule has 1 atom stereocenters. The van der Waals surface area contributed by atoms with Crippen LogP contribution in [0, 0.1) is 12.8 Å². The van der Waals surface area contributed by atoms with Crippen LogP contribution in [-0.2, 0) is 0 Å². The van der Waals surface area contributed by atoms with Crippen molar-refractivity contribution in [3.63, 3.8) is 0 Å². The van der Waals surface area contributed by atoms with Gasteiger partial charge in [0.15, 0.2) is 5.96 Å². The smallest absolute Gasteiger partial charge is 0.304 e. The van der Waals surface area contributed by atoms with Gasteiger partial charge in [0.05, 0.1) is 12.1 Å². The summed E-state index contributed by atoms with van der Waals surface area (Å²) >= 11 is 0. The van der Waals surface area contributed by atoms with Crippen LogP contribution in [0.25, 0.3) is 11.2 Å². The van der Waals surface area contributed by atoms with E-state index in [9.17, 15) is 0 Å². The average molecular weight is 312 g/mol. The van der Waals surface area contributed by atoms with Crippen molar-refractivity contribution in [1.82, 2.24) is 20.2 Å². The summed E-state index contributed by atoms with van der Waals surface area (Å²) in [5.74, 6) is 1.48. The molecule has 0 aliphatic carbocycles. The number of aryl methyl sites for hydroxylation is 1. The molecule has 2 aromatic rings. The second kappa shape index (κ2) is 4.67. The molecular formula is C16H20N6O. The van der Waals surface area contributed by atoms with E-state index in [2.05, 4.69) is 30.5 Å². The Hall–Kier alpha value is -2.15. The number of piperidine rings is 3. The van der Waals surface area contributed by atoms with E-state index in [-0.39, 0.29) is 5.54 Å². The van der Waals surface area contributed by atoms with Gasteiger partial charge in [0.2, 0.25) is 5.71 Å². The highest BCUT2D eigenvalue weighted by Gasteiger charge is 2.49. The van der Waals surface area contributed by atoms with Gasteiger partial charge >= 0.3 is 6.01 Å². The summed E-state index contributed by atoms with van der Waals surface area (Å²) in [6.07, 6.45) is 2.53. The second-order valence-electron chi connectivity index (χ2n) is 6.92. The monoisotopic (exact) mass is 312 g/mol. The minimum absolute atomic E-state index is 0.0969. The fourth-order valence-electron chi connectivity index (χ4n) is 4.16. The van der Waals surface area contributed by atoms with E-state index >= 15 is 0 Å². The number of nitrogens with zero attached hydrogens (tertiary/aromatic N) is 4. The van der Waals surface area contributed by atoms with Crippen molar-refractivity contribution in [2.45, 2.75) is 25.3 Å². The summed E-state index contributed by atoms with van der Waals surface area (Å²) in [5, 5.41) is 6.80. The molecule has 4 aliphatic heterocycles. The van der Waals surface area contributed by atoms with E-state index in [0.717, 1.165) is 30.3 Å². The lowest BCUT2D eigenvalue weighted by Gasteiger charge is -2.51. The lowest BCUT2D eigenvalue weighted by molar-refractivity contribution is 0.0270. The van der Waals surface area contributed by atoms with E-state index in [1.807, 2.05) is 19.1 Å². The van der Waals surface area contributed by atoms with Crippen LogP contribution in [-0.4, -0.2) is 52.5 Å². The van der Waals surface area contributed by atoms with E-state index in [4.69, 9.17) is 4.42 Å². The van der Waals surface area contributed by atoms with Crippen molar-refractivity contribution in [1.29, 1.82) is 0 Å². The van der Waals surface area contributed by atoms with Gasteiger partial charge in [0.1, 0.15) is 5.52 Å². The molecule has 6 rings (SSSR count). The Morgan fingerprint density at radius 3 is 2.96 bits per heavy atom. The number of hydrogen-bond donors (Lipinski definition) is 2. The summed E-state index contributed by atoms with van der Waals surface area (Å²) in [7, 11) is 0. The molecular weight excluding hydrogens is 292 g/mol. The number of aliphatic imine (C=N–C) groups is 1. The first-order valence-corrected chi connectivity index (χ1v) is 8.26. The van der Waals surface area contributed by atoms with Crippen LogP contribution < -0.4 is 10.6 Å². The van der Waals surface area contributed by atoms with Crippen LogP contribution in [0.5, 0.6) is 0 Å². The van der Waals surface area contributed by atoms with Gasteiger partial charge in [-0.1, -0.05) is 0 Å². The van der Waals surface area contributed by atoms with Crippen LogP contribution in [0.3, 0.4) is 0 Å². The average Bonchev–Trinajstić information content (AvgIpc) is 3.12. The van der Waals surface area contributed by atoms with E-state index in [1.165, 1.54) is 25.9 Å². The number of aromatic nitrogens is 2. The van der Waals surface area contributed by atoms with E-state index in [0.29, 0.717) is 17.6 Å². The molecule has 0 unspecified atom stereocenters. The van der Waals surface area contributed by atoms with Crippen molar-refractivity contribution >= 4 is 23.2 Å². The predicted octanol–water partition coefficient (Wildman–Crippen LogP) is 1.37. The number of anilines is 1. The second-order valence-corrected chi connectivity index (χ2v) is 6.92. The Balaban J connectivity index is 1.35. The Morgan fingerprint density at radius 1 is 1.30 bits per heavy atom. The number of pyridine rings is 1. The lowest BCUT2D eigenvalue weighted by Crippen LogP contribution is -2.66. The molecule has 2 N–H and O–H groups in total. The van der Waals surface area contributed by atoms with Crippen LogP contribution in [0.15, 0.2) is 21.5 Å². The highest BCUT2D eigenvalue weighted by molar-refractivity contribution is 5.94. The normalized spacial score (nSPS) is 32.3. The van der Waals surface area contributed by atoms with Gasteiger partial charge in [-0.25, -0.2) is 4.98 Å². The summed E-state index contributed by atoms with van der Waals surface area (Å²) < 4.78 is 5.68. The third-order valence-corrected chi connectivity index (χ3v) is 5.38. The third kappa shape index (κ3) is 2.10. The summed E-state index contributed by atoms with van der Waals surface area (Å²) in [4.78, 5) is 16.0. The summed E-state index contributed by atoms with van der Waals surface area (Å²) in [6.45, 7) is 6.31. The van der Waals surface area contributed by atoms with Crippen LogP contribution >= 0.6 is 0 Å². The molecule has 2 bridgehead atoms. The molecule has 0 aromatic carbocycles. The van der Waals surface area contributed by atoms with Crippen molar-refractivity contribution in [2.75, 3.05) is 31.5 Å². The maximum atomic E-state index is 5.68. The third-order valence-electron chi connectivity index (χ3n) is 5.38. The van der Waals surface area contributed by atoms with Crippen LogP contribution in [0.4, 0.5) is 6.01 Å². The van der Waals surface area contributed by atoms with E-state index < -0.39 is 0 Å². The Kier molecular flexibility index (Phi) is 2.70. The molecule has 7 heteroatoms. The minimum Gasteiger partial charge on any atom is -0.404 e. The van der Waals surface area contributed by atoms with Gasteiger partial charge in [0.25, 0.3) is 0 Å². The summed E-state index contributed by atoms with van der Waals surface area (Å²) in [5.41, 5.74) is 2.33. The number of guanidine groups is 1. The number of oxazole rings is 1. The molecule has 23 heavy (non-hydrogen) atoms. The molecule has 0 amide bonds. The predicted molar refractivity (Wildman–Crippen MR) is 87.5 cm³/mol. The molecule has 7 nitrogen and oxygen atoms in total. The zero-order chi connectivity index (χ0) is 15.4. The first-order chi connectivity index (χ1) is 11.2. The molecule has 3 fully saturated rings. The van der Waals surface area contributed by atoms with Crippen LogP contribution in [0.2, 0.25) is 0 Å². The van der Waals surface area contributed by atoms with Crippen molar-refractivity contribution in [2.24, 2.45) is 10.9 Å². The Morgan fingerprint density at radius 2 is 2.17 bits per heavy atom. The van der Waals surface area contributed by atoms with E-state index in [1.54, 1.807) is 0 Å². The Labute approximate surface area is 134 Å². The largest absolute Gasteiger partial charge is 0.404 e. The molecule has 2 aromatic heterocycles. The van der Waals surface area contributed by atoms with Gasteiger partial charge in [-0.2, -0.15) is 4.98 Å². The molecule has 3 saturated heterocycles. The van der Waals surface area contributed by atoms with Gasteiger partial charge in [0, 0.05) is 12.2 Å². The number of nitrogens with one attached hydrogen (secondary N) is 2. The summed E-state index contributed by atoms with van der Waals surface area (Å²) in [6, 6.07) is 4.30. The molecule has 6 heterocycles. The maximum absolute atomic E-state index is 5.68. The fourth-order valence-corrected chi connectivity index (χ4v) is 4.16. The topological polar surface area (TPSA) is 78.6 Å². The van der Waals surface area contributed by atoms with Gasteiger partial charge in [-0.3, -0.25) is 10.3 Å². The Bertz CT molecular complexity index is 791. The molecule has 120 valence electrons. The number of rotatable bonds is 1. The van der Waals surface area contributed by atoms with Crippen LogP contribution in [0.1, 0.15) is 18.5 Å². The first kappa shape index (κ1) is 13.3. The number of fused-ring (bicyclic) bond motifs is 3. The van der Waals surface area contributed by atoms with Gasteiger partial charge < -0.3 is 14.6 Å². The molecule has 0 saturated carbocycles. The van der Waals surface area contributed by atoms with Crippen molar-refractivity contribution in [3.05, 3.63) is 17.8 Å². The van der Waals surface area contributed by atoms with Gasteiger partial charge in [-0.05, 0) is 50.9 Å². The van der Waals surface area contributed by atoms with Crippen molar-refractivity contribution in [3.8, 4) is 0 Å². The zero-order valence-electron chi connectivity index (χ0n) is 13.2. The zero-order valence-corrected chi connectivity index (χ0v) is 13.2. The SMILES string of the molecule is Cc1ccc2nc(NC3=NC[C@@]4(CN5CCC4CC5)N3)oc2n1. The standard InChI is InChI=1S/C16H20N6O/c1-10-2-3-12-13(18-10)23-15(19-12)20-14-17-8-16(21-14)9-22-6-4-11(16)5-7-22/h2-3,11H,4-9H2,1H3,(H2,17,19,20,21)/t16-/m0/s1. The minimum atomic E-state index is 0.0969.